The second kappa shape index (κ2) is 9.41. The van der Waals surface area contributed by atoms with Gasteiger partial charge in [-0.3, -0.25) is 9.89 Å². The van der Waals surface area contributed by atoms with Gasteiger partial charge < -0.3 is 15.5 Å². The number of hydrogen-bond donors (Lipinski definition) is 2. The molecular formula is C18H31N7S. The summed E-state index contributed by atoms with van der Waals surface area (Å²) >= 11 is 2.07. The monoisotopic (exact) mass is 377 g/mol. The Labute approximate surface area is 161 Å². The van der Waals surface area contributed by atoms with Crippen LogP contribution in [0.4, 0.5) is 5.95 Å². The van der Waals surface area contributed by atoms with Gasteiger partial charge in [0, 0.05) is 70.0 Å². The maximum Gasteiger partial charge on any atom is 0.225 e. The summed E-state index contributed by atoms with van der Waals surface area (Å²) in [6.07, 6.45) is 6.23. The summed E-state index contributed by atoms with van der Waals surface area (Å²) in [5.74, 6) is 3.03. The zero-order chi connectivity index (χ0) is 18.2. The molecule has 8 heteroatoms. The molecule has 0 aliphatic carbocycles. The smallest absolute Gasteiger partial charge is 0.225 e. The highest BCUT2D eigenvalue weighted by atomic mass is 32.2. The van der Waals surface area contributed by atoms with Crippen molar-refractivity contribution in [1.29, 1.82) is 0 Å². The van der Waals surface area contributed by atoms with Crippen LogP contribution in [0.25, 0.3) is 0 Å². The lowest BCUT2D eigenvalue weighted by molar-refractivity contribution is 0.260. The van der Waals surface area contributed by atoms with E-state index in [1.807, 2.05) is 25.5 Å². The number of thioether (sulfide) groups is 1. The predicted molar refractivity (Wildman–Crippen MR) is 110 cm³/mol. The van der Waals surface area contributed by atoms with Crippen LogP contribution in [0.5, 0.6) is 0 Å². The van der Waals surface area contributed by atoms with Gasteiger partial charge in [-0.1, -0.05) is 0 Å². The molecule has 1 aromatic heterocycles. The zero-order valence-corrected chi connectivity index (χ0v) is 16.8. The number of nitrogens with zero attached hydrogens (tertiary/aromatic N) is 5. The Morgan fingerprint density at radius 3 is 2.65 bits per heavy atom. The molecule has 2 saturated heterocycles. The van der Waals surface area contributed by atoms with Gasteiger partial charge in [0.1, 0.15) is 0 Å². The minimum atomic E-state index is 0.355. The van der Waals surface area contributed by atoms with Gasteiger partial charge in [-0.2, -0.15) is 11.8 Å². The number of aliphatic imine (C=N–C) groups is 1. The minimum Gasteiger partial charge on any atom is -0.355 e. The van der Waals surface area contributed by atoms with Crippen molar-refractivity contribution in [3.8, 4) is 0 Å². The van der Waals surface area contributed by atoms with Gasteiger partial charge in [-0.15, -0.1) is 0 Å². The largest absolute Gasteiger partial charge is 0.355 e. The van der Waals surface area contributed by atoms with Crippen LogP contribution in [0.15, 0.2) is 23.5 Å². The number of hydrogen-bond acceptors (Lipinski definition) is 6. The number of rotatable bonds is 6. The van der Waals surface area contributed by atoms with Crippen molar-refractivity contribution in [3.05, 3.63) is 18.5 Å². The number of guanidine groups is 1. The van der Waals surface area contributed by atoms with Crippen molar-refractivity contribution < 1.29 is 0 Å². The van der Waals surface area contributed by atoms with Gasteiger partial charge in [0.05, 0.1) is 0 Å². The van der Waals surface area contributed by atoms with E-state index in [0.29, 0.717) is 4.75 Å². The van der Waals surface area contributed by atoms with E-state index < -0.39 is 0 Å². The van der Waals surface area contributed by atoms with Gasteiger partial charge in [0.25, 0.3) is 0 Å². The van der Waals surface area contributed by atoms with Crippen molar-refractivity contribution >= 4 is 23.7 Å². The lowest BCUT2D eigenvalue weighted by atomic mass is 10.1. The van der Waals surface area contributed by atoms with Crippen LogP contribution < -0.4 is 15.5 Å². The van der Waals surface area contributed by atoms with E-state index in [2.05, 4.69) is 54.1 Å². The average molecular weight is 378 g/mol. The third-order valence-electron chi connectivity index (χ3n) is 5.08. The maximum absolute atomic E-state index is 4.36. The van der Waals surface area contributed by atoms with Crippen LogP contribution in [0, 0.1) is 0 Å². The van der Waals surface area contributed by atoms with Gasteiger partial charge in [0.2, 0.25) is 5.95 Å². The summed E-state index contributed by atoms with van der Waals surface area (Å²) in [5, 5.41) is 6.94. The SMILES string of the molecule is CN=C(NCCN1CCN(c2ncccn2)CC1)NCC1(C)CCCS1. The zero-order valence-electron chi connectivity index (χ0n) is 15.9. The van der Waals surface area contributed by atoms with E-state index in [-0.39, 0.29) is 0 Å². The Morgan fingerprint density at radius 2 is 2.00 bits per heavy atom. The number of anilines is 1. The highest BCUT2D eigenvalue weighted by molar-refractivity contribution is 8.00. The van der Waals surface area contributed by atoms with Gasteiger partial charge in [0.15, 0.2) is 5.96 Å². The molecule has 144 valence electrons. The van der Waals surface area contributed by atoms with Crippen molar-refractivity contribution in [2.24, 2.45) is 4.99 Å². The Kier molecular flexibility index (Phi) is 6.96. The number of nitrogens with one attached hydrogen (secondary N) is 2. The molecule has 0 radical (unpaired) electrons. The molecular weight excluding hydrogens is 346 g/mol. The molecule has 2 fully saturated rings. The summed E-state index contributed by atoms with van der Waals surface area (Å²) in [6, 6.07) is 1.86. The fourth-order valence-corrected chi connectivity index (χ4v) is 4.67. The molecule has 0 saturated carbocycles. The molecule has 1 unspecified atom stereocenters. The Balaban J connectivity index is 1.33. The summed E-state index contributed by atoms with van der Waals surface area (Å²) in [4.78, 5) is 17.8. The molecule has 0 amide bonds. The lowest BCUT2D eigenvalue weighted by Gasteiger charge is -2.34. The Bertz CT molecular complexity index is 566. The predicted octanol–water partition coefficient (Wildman–Crippen LogP) is 1.05. The van der Waals surface area contributed by atoms with Crippen LogP contribution >= 0.6 is 11.8 Å². The fraction of sp³-hybridized carbons (Fsp3) is 0.722. The summed E-state index contributed by atoms with van der Waals surface area (Å²) < 4.78 is 0.355. The lowest BCUT2D eigenvalue weighted by Crippen LogP contribution is -2.50. The highest BCUT2D eigenvalue weighted by Crippen LogP contribution is 2.36. The van der Waals surface area contributed by atoms with Crippen LogP contribution in [-0.4, -0.2) is 84.2 Å². The molecule has 3 heterocycles. The molecule has 0 spiro atoms. The standard InChI is InChI=1S/C18H31N7S/c1-18(5-3-14-26-18)15-23-16(19-2)20-8-9-24-10-12-25(13-11-24)17-21-6-4-7-22-17/h4,6-7H,3,5,8-15H2,1-2H3,(H2,19,20,23). The van der Waals surface area contributed by atoms with Gasteiger partial charge in [-0.25, -0.2) is 9.97 Å². The number of piperazine rings is 1. The third kappa shape index (κ3) is 5.48. The Hall–Kier alpha value is -1.54. The topological polar surface area (TPSA) is 68.7 Å². The second-order valence-electron chi connectivity index (χ2n) is 7.13. The number of aromatic nitrogens is 2. The third-order valence-corrected chi connectivity index (χ3v) is 6.62. The maximum atomic E-state index is 4.36. The summed E-state index contributed by atoms with van der Waals surface area (Å²) in [5.41, 5.74) is 0. The summed E-state index contributed by atoms with van der Waals surface area (Å²) in [6.45, 7) is 9.30. The van der Waals surface area contributed by atoms with Crippen LogP contribution in [0.3, 0.4) is 0 Å². The van der Waals surface area contributed by atoms with Gasteiger partial charge in [-0.05, 0) is 31.6 Å². The van der Waals surface area contributed by atoms with E-state index in [4.69, 9.17) is 0 Å². The first-order valence-electron chi connectivity index (χ1n) is 9.51. The van der Waals surface area contributed by atoms with E-state index in [1.165, 1.54) is 18.6 Å². The van der Waals surface area contributed by atoms with E-state index >= 15 is 0 Å². The van der Waals surface area contributed by atoms with E-state index in [1.54, 1.807) is 0 Å². The molecule has 0 aromatic carbocycles. The minimum absolute atomic E-state index is 0.355. The van der Waals surface area contributed by atoms with Crippen molar-refractivity contribution in [2.75, 3.05) is 63.5 Å². The quantitative estimate of drug-likeness (QED) is 0.567. The van der Waals surface area contributed by atoms with Crippen molar-refractivity contribution in [3.63, 3.8) is 0 Å². The van der Waals surface area contributed by atoms with E-state index in [0.717, 1.165) is 57.7 Å². The van der Waals surface area contributed by atoms with Crippen molar-refractivity contribution in [1.82, 2.24) is 25.5 Å². The molecule has 0 bridgehead atoms. The molecule has 3 rings (SSSR count). The highest BCUT2D eigenvalue weighted by Gasteiger charge is 2.29. The molecule has 2 N–H and O–H groups in total. The molecule has 2 aliphatic rings. The average Bonchev–Trinajstić information content (AvgIpc) is 3.12. The van der Waals surface area contributed by atoms with Crippen LogP contribution in [0.2, 0.25) is 0 Å². The first kappa shape index (κ1) is 19.2. The molecule has 1 aromatic rings. The molecule has 26 heavy (non-hydrogen) atoms. The first-order valence-corrected chi connectivity index (χ1v) is 10.5. The van der Waals surface area contributed by atoms with E-state index in [9.17, 15) is 0 Å². The molecule has 7 nitrogen and oxygen atoms in total. The fourth-order valence-electron chi connectivity index (χ4n) is 3.43. The normalized spacial score (nSPS) is 24.7. The van der Waals surface area contributed by atoms with Crippen LogP contribution in [-0.2, 0) is 0 Å². The first-order chi connectivity index (χ1) is 12.7. The van der Waals surface area contributed by atoms with Crippen LogP contribution in [0.1, 0.15) is 19.8 Å². The Morgan fingerprint density at radius 1 is 1.23 bits per heavy atom. The molecule has 1 atom stereocenters. The van der Waals surface area contributed by atoms with Crippen molar-refractivity contribution in [2.45, 2.75) is 24.5 Å². The molecule has 2 aliphatic heterocycles. The summed E-state index contributed by atoms with van der Waals surface area (Å²) in [7, 11) is 1.85. The second-order valence-corrected chi connectivity index (χ2v) is 8.81. The van der Waals surface area contributed by atoms with Gasteiger partial charge >= 0.3 is 0 Å².